The number of nitrogens with one attached hydrogen (secondary N) is 2. The van der Waals surface area contributed by atoms with Crippen LogP contribution in [0.1, 0.15) is 58.8 Å². The second-order valence-electron chi connectivity index (χ2n) is 7.31. The molecule has 1 heterocycles. The number of rotatable bonds is 4. The smallest absolute Gasteiger partial charge is 0.220 e. The highest BCUT2D eigenvalue weighted by molar-refractivity contribution is 5.85. The van der Waals surface area contributed by atoms with E-state index < -0.39 is 0 Å². The lowest BCUT2D eigenvalue weighted by atomic mass is 9.73. The van der Waals surface area contributed by atoms with Crippen molar-refractivity contribution in [2.45, 2.75) is 58.8 Å². The molecular weight excluding hydrogens is 272 g/mol. The first-order valence-electron chi connectivity index (χ1n) is 8.02. The van der Waals surface area contributed by atoms with Crippen LogP contribution in [0.15, 0.2) is 0 Å². The highest BCUT2D eigenvalue weighted by Crippen LogP contribution is 2.37. The molecule has 0 radical (unpaired) electrons. The molecule has 1 amide bonds. The number of hydrogen-bond acceptors (Lipinski definition) is 2. The topological polar surface area (TPSA) is 41.1 Å². The Kier molecular flexibility index (Phi) is 7.32. The van der Waals surface area contributed by atoms with Gasteiger partial charge in [-0.1, -0.05) is 13.8 Å². The van der Waals surface area contributed by atoms with Gasteiger partial charge in [0.25, 0.3) is 0 Å². The van der Waals surface area contributed by atoms with E-state index in [0.29, 0.717) is 17.3 Å². The molecule has 4 heteroatoms. The van der Waals surface area contributed by atoms with Gasteiger partial charge < -0.3 is 10.6 Å². The van der Waals surface area contributed by atoms with Gasteiger partial charge in [-0.2, -0.15) is 0 Å². The zero-order chi connectivity index (χ0) is 13.7. The molecule has 2 N–H and O–H groups in total. The van der Waals surface area contributed by atoms with Crippen molar-refractivity contribution in [3.63, 3.8) is 0 Å². The lowest BCUT2D eigenvalue weighted by Gasteiger charge is -2.34. The van der Waals surface area contributed by atoms with Crippen LogP contribution in [0.5, 0.6) is 0 Å². The van der Waals surface area contributed by atoms with Crippen molar-refractivity contribution >= 4 is 18.3 Å². The van der Waals surface area contributed by atoms with Crippen molar-refractivity contribution in [3.05, 3.63) is 0 Å². The van der Waals surface area contributed by atoms with E-state index in [1.165, 1.54) is 25.7 Å². The van der Waals surface area contributed by atoms with Gasteiger partial charge in [0.2, 0.25) is 5.91 Å². The van der Waals surface area contributed by atoms with Gasteiger partial charge >= 0.3 is 0 Å². The monoisotopic (exact) mass is 302 g/mol. The minimum atomic E-state index is 0. The van der Waals surface area contributed by atoms with Crippen molar-refractivity contribution in [2.75, 3.05) is 19.6 Å². The molecule has 0 aromatic rings. The first kappa shape index (κ1) is 17.8. The lowest BCUT2D eigenvalue weighted by molar-refractivity contribution is -0.122. The third kappa shape index (κ3) is 6.01. The zero-order valence-electron chi connectivity index (χ0n) is 13.0. The third-order valence-electron chi connectivity index (χ3n) is 4.98. The van der Waals surface area contributed by atoms with Crippen LogP contribution in [0.3, 0.4) is 0 Å². The minimum Gasteiger partial charge on any atom is -0.356 e. The first-order valence-corrected chi connectivity index (χ1v) is 8.02. The molecule has 1 saturated carbocycles. The highest BCUT2D eigenvalue weighted by Gasteiger charge is 2.27. The number of carbonyl (C=O) groups is 1. The van der Waals surface area contributed by atoms with Crippen molar-refractivity contribution in [1.29, 1.82) is 0 Å². The van der Waals surface area contributed by atoms with Gasteiger partial charge in [0.1, 0.15) is 0 Å². The Morgan fingerprint density at radius 3 is 2.30 bits per heavy atom. The van der Waals surface area contributed by atoms with Gasteiger partial charge in [0, 0.05) is 13.0 Å². The Bertz CT molecular complexity index is 291. The maximum atomic E-state index is 11.9. The van der Waals surface area contributed by atoms with E-state index in [0.717, 1.165) is 38.9 Å². The van der Waals surface area contributed by atoms with Crippen molar-refractivity contribution < 1.29 is 4.79 Å². The van der Waals surface area contributed by atoms with Crippen molar-refractivity contribution in [1.82, 2.24) is 10.6 Å². The summed E-state index contributed by atoms with van der Waals surface area (Å²) in [5, 5.41) is 6.52. The zero-order valence-corrected chi connectivity index (χ0v) is 13.9. The SMILES string of the molecule is CC1(C)CCC(CNC(=O)CC2CCNCC2)CC1.Cl. The van der Waals surface area contributed by atoms with E-state index in [2.05, 4.69) is 24.5 Å². The first-order chi connectivity index (χ1) is 9.05. The van der Waals surface area contributed by atoms with Gasteiger partial charge in [-0.05, 0) is 68.9 Å². The van der Waals surface area contributed by atoms with Crippen LogP contribution >= 0.6 is 12.4 Å². The van der Waals surface area contributed by atoms with Crippen LogP contribution < -0.4 is 10.6 Å². The maximum absolute atomic E-state index is 11.9. The van der Waals surface area contributed by atoms with Crippen LogP contribution in [-0.4, -0.2) is 25.5 Å². The Hall–Kier alpha value is -0.280. The van der Waals surface area contributed by atoms with E-state index in [1.54, 1.807) is 0 Å². The molecule has 1 aliphatic heterocycles. The molecule has 1 saturated heterocycles. The quantitative estimate of drug-likeness (QED) is 0.838. The standard InChI is InChI=1S/C16H30N2O.ClH/c1-16(2)7-3-14(4-8-16)12-18-15(19)11-13-5-9-17-10-6-13;/h13-14,17H,3-12H2,1-2H3,(H,18,19);1H. The lowest BCUT2D eigenvalue weighted by Crippen LogP contribution is -2.35. The summed E-state index contributed by atoms with van der Waals surface area (Å²) in [6, 6.07) is 0. The van der Waals surface area contributed by atoms with E-state index in [4.69, 9.17) is 0 Å². The fourth-order valence-electron chi connectivity index (χ4n) is 3.34. The fraction of sp³-hybridized carbons (Fsp3) is 0.938. The van der Waals surface area contributed by atoms with Crippen LogP contribution in [0.25, 0.3) is 0 Å². The van der Waals surface area contributed by atoms with Crippen LogP contribution in [0.2, 0.25) is 0 Å². The molecule has 2 fully saturated rings. The highest BCUT2D eigenvalue weighted by atomic mass is 35.5. The van der Waals surface area contributed by atoms with Crippen molar-refractivity contribution in [2.24, 2.45) is 17.3 Å². The summed E-state index contributed by atoms with van der Waals surface area (Å²) in [5.74, 6) is 1.59. The molecule has 0 aromatic heterocycles. The molecule has 1 aliphatic carbocycles. The van der Waals surface area contributed by atoms with E-state index in [1.807, 2.05) is 0 Å². The molecular formula is C16H31ClN2O. The van der Waals surface area contributed by atoms with Gasteiger partial charge in [0.05, 0.1) is 0 Å². The Balaban J connectivity index is 0.00000200. The summed E-state index contributed by atoms with van der Waals surface area (Å²) in [6.07, 6.45) is 8.22. The molecule has 2 rings (SSSR count). The molecule has 0 bridgehead atoms. The van der Waals surface area contributed by atoms with Gasteiger partial charge in [-0.3, -0.25) is 4.79 Å². The summed E-state index contributed by atoms with van der Waals surface area (Å²) < 4.78 is 0. The predicted molar refractivity (Wildman–Crippen MR) is 86.2 cm³/mol. The van der Waals surface area contributed by atoms with Gasteiger partial charge in [-0.15, -0.1) is 12.4 Å². The summed E-state index contributed by atoms with van der Waals surface area (Å²) in [6.45, 7) is 7.78. The number of piperidine rings is 1. The predicted octanol–water partition coefficient (Wildman–Crippen LogP) is 3.13. The molecule has 2 aliphatic rings. The summed E-state index contributed by atoms with van der Waals surface area (Å²) >= 11 is 0. The van der Waals surface area contributed by atoms with Gasteiger partial charge in [-0.25, -0.2) is 0 Å². The van der Waals surface area contributed by atoms with Crippen LogP contribution in [-0.2, 0) is 4.79 Å². The second-order valence-corrected chi connectivity index (χ2v) is 7.31. The van der Waals surface area contributed by atoms with E-state index in [9.17, 15) is 4.79 Å². The molecule has 3 nitrogen and oxygen atoms in total. The minimum absolute atomic E-state index is 0. The Morgan fingerprint density at radius 2 is 1.70 bits per heavy atom. The van der Waals surface area contributed by atoms with Crippen LogP contribution in [0.4, 0.5) is 0 Å². The molecule has 20 heavy (non-hydrogen) atoms. The number of halogens is 1. The largest absolute Gasteiger partial charge is 0.356 e. The molecule has 0 unspecified atom stereocenters. The number of hydrogen-bond donors (Lipinski definition) is 2. The molecule has 0 aromatic carbocycles. The normalized spacial score (nSPS) is 23.9. The summed E-state index contributed by atoms with van der Waals surface area (Å²) in [5.41, 5.74) is 0.523. The molecule has 0 atom stereocenters. The Morgan fingerprint density at radius 1 is 1.10 bits per heavy atom. The average molecular weight is 303 g/mol. The van der Waals surface area contributed by atoms with Gasteiger partial charge in [0.15, 0.2) is 0 Å². The van der Waals surface area contributed by atoms with E-state index in [-0.39, 0.29) is 18.3 Å². The molecule has 118 valence electrons. The van der Waals surface area contributed by atoms with Crippen LogP contribution in [0, 0.1) is 17.3 Å². The maximum Gasteiger partial charge on any atom is 0.220 e. The van der Waals surface area contributed by atoms with E-state index >= 15 is 0 Å². The average Bonchev–Trinajstić information content (AvgIpc) is 2.39. The molecule has 0 spiro atoms. The summed E-state index contributed by atoms with van der Waals surface area (Å²) in [4.78, 5) is 11.9. The fourth-order valence-corrected chi connectivity index (χ4v) is 3.34. The number of amides is 1. The Labute approximate surface area is 130 Å². The summed E-state index contributed by atoms with van der Waals surface area (Å²) in [7, 11) is 0. The van der Waals surface area contributed by atoms with Crippen molar-refractivity contribution in [3.8, 4) is 0 Å². The third-order valence-corrected chi connectivity index (χ3v) is 4.98. The second kappa shape index (κ2) is 8.23. The number of carbonyl (C=O) groups excluding carboxylic acids is 1.